The third-order valence-electron chi connectivity index (χ3n) is 2.79. The standard InChI is InChI=1S/C14H17BrN2O3/c1-4-20-13(18)14(9-16,17-19-3)12(15)11-7-5-10(2)6-8-11/h5-8,12,17H,4H2,1-3H3. The molecule has 0 amide bonds. The fraction of sp³-hybridized carbons (Fsp3) is 0.429. The number of hydroxylamine groups is 1. The van der Waals surface area contributed by atoms with Gasteiger partial charge in [0.15, 0.2) is 0 Å². The molecule has 1 aromatic carbocycles. The molecule has 0 aromatic heterocycles. The summed E-state index contributed by atoms with van der Waals surface area (Å²) in [5.41, 5.74) is 2.67. The molecule has 0 bridgehead atoms. The molecule has 0 fully saturated rings. The SMILES string of the molecule is CCOC(=O)C(C#N)(NOC)C(Br)c1ccc(C)cc1. The predicted molar refractivity (Wildman–Crippen MR) is 78.0 cm³/mol. The van der Waals surface area contributed by atoms with Crippen LogP contribution in [0, 0.1) is 18.3 Å². The Morgan fingerprint density at radius 2 is 2.10 bits per heavy atom. The van der Waals surface area contributed by atoms with E-state index in [1.54, 1.807) is 6.92 Å². The van der Waals surface area contributed by atoms with Gasteiger partial charge in [0.1, 0.15) is 6.07 Å². The summed E-state index contributed by atoms with van der Waals surface area (Å²) in [5.74, 6) is -0.688. The van der Waals surface area contributed by atoms with Gasteiger partial charge in [0.05, 0.1) is 18.5 Å². The van der Waals surface area contributed by atoms with Gasteiger partial charge in [0, 0.05) is 0 Å². The number of halogens is 1. The monoisotopic (exact) mass is 340 g/mol. The summed E-state index contributed by atoms with van der Waals surface area (Å²) in [6.45, 7) is 3.83. The van der Waals surface area contributed by atoms with Gasteiger partial charge in [-0.1, -0.05) is 45.8 Å². The molecule has 0 aliphatic rings. The number of ether oxygens (including phenoxy) is 1. The van der Waals surface area contributed by atoms with E-state index in [-0.39, 0.29) is 6.61 Å². The van der Waals surface area contributed by atoms with Gasteiger partial charge >= 0.3 is 5.97 Å². The Kier molecular flexibility index (Phi) is 6.14. The number of rotatable bonds is 6. The van der Waals surface area contributed by atoms with Crippen molar-refractivity contribution in [3.8, 4) is 6.07 Å². The number of alkyl halides is 1. The minimum atomic E-state index is -1.65. The number of carbonyl (C=O) groups excluding carboxylic acids is 1. The lowest BCUT2D eigenvalue weighted by Crippen LogP contribution is -2.54. The minimum absolute atomic E-state index is 0.182. The molecule has 0 aliphatic heterocycles. The highest BCUT2D eigenvalue weighted by atomic mass is 79.9. The maximum atomic E-state index is 12.2. The molecule has 0 heterocycles. The molecule has 1 aromatic rings. The summed E-state index contributed by atoms with van der Waals surface area (Å²) in [7, 11) is 1.35. The van der Waals surface area contributed by atoms with Crippen LogP contribution in [0.2, 0.25) is 0 Å². The zero-order valence-corrected chi connectivity index (χ0v) is 13.2. The van der Waals surface area contributed by atoms with E-state index >= 15 is 0 Å². The van der Waals surface area contributed by atoms with Gasteiger partial charge in [-0.3, -0.25) is 0 Å². The first-order chi connectivity index (χ1) is 9.51. The lowest BCUT2D eigenvalue weighted by Gasteiger charge is -2.29. The van der Waals surface area contributed by atoms with Crippen molar-refractivity contribution in [1.82, 2.24) is 5.48 Å². The highest BCUT2D eigenvalue weighted by Crippen LogP contribution is 2.35. The van der Waals surface area contributed by atoms with Crippen LogP contribution in [0.25, 0.3) is 0 Å². The summed E-state index contributed by atoms with van der Waals surface area (Å²) in [6, 6.07) is 9.46. The smallest absolute Gasteiger partial charge is 0.344 e. The van der Waals surface area contributed by atoms with Crippen LogP contribution in [0.5, 0.6) is 0 Å². The summed E-state index contributed by atoms with van der Waals surface area (Å²) >= 11 is 3.40. The number of benzene rings is 1. The van der Waals surface area contributed by atoms with Gasteiger partial charge in [-0.2, -0.15) is 10.7 Å². The van der Waals surface area contributed by atoms with Crippen molar-refractivity contribution < 1.29 is 14.4 Å². The van der Waals surface area contributed by atoms with Gasteiger partial charge in [-0.05, 0) is 19.4 Å². The molecule has 6 heteroatoms. The van der Waals surface area contributed by atoms with Crippen molar-refractivity contribution in [2.45, 2.75) is 24.2 Å². The van der Waals surface area contributed by atoms with Gasteiger partial charge in [-0.15, -0.1) is 0 Å². The van der Waals surface area contributed by atoms with Crippen molar-refractivity contribution in [3.05, 3.63) is 35.4 Å². The highest BCUT2D eigenvalue weighted by molar-refractivity contribution is 9.09. The number of esters is 1. The van der Waals surface area contributed by atoms with Crippen molar-refractivity contribution in [2.24, 2.45) is 0 Å². The van der Waals surface area contributed by atoms with E-state index in [0.717, 1.165) is 11.1 Å². The first-order valence-corrected chi connectivity index (χ1v) is 7.02. The number of hydrogen-bond donors (Lipinski definition) is 1. The second kappa shape index (κ2) is 7.39. The van der Waals surface area contributed by atoms with E-state index in [1.165, 1.54) is 7.11 Å². The third-order valence-corrected chi connectivity index (χ3v) is 4.00. The van der Waals surface area contributed by atoms with E-state index in [9.17, 15) is 10.1 Å². The minimum Gasteiger partial charge on any atom is -0.464 e. The number of nitriles is 1. The first kappa shape index (κ1) is 16.6. The lowest BCUT2D eigenvalue weighted by molar-refractivity contribution is -0.154. The normalized spacial score (nSPS) is 14.9. The Morgan fingerprint density at radius 1 is 1.50 bits per heavy atom. The van der Waals surface area contributed by atoms with E-state index in [0.29, 0.717) is 0 Å². The summed E-state index contributed by atoms with van der Waals surface area (Å²) < 4.78 is 4.98. The summed E-state index contributed by atoms with van der Waals surface area (Å²) in [5, 5.41) is 9.47. The van der Waals surface area contributed by atoms with Crippen LogP contribution in [0.3, 0.4) is 0 Å². The van der Waals surface area contributed by atoms with Crippen LogP contribution < -0.4 is 5.48 Å². The van der Waals surface area contributed by atoms with E-state index < -0.39 is 16.3 Å². The number of nitrogens with one attached hydrogen (secondary N) is 1. The molecule has 1 rings (SSSR count). The quantitative estimate of drug-likeness (QED) is 0.489. The Morgan fingerprint density at radius 3 is 2.55 bits per heavy atom. The van der Waals surface area contributed by atoms with Crippen LogP contribution in [-0.2, 0) is 14.4 Å². The van der Waals surface area contributed by atoms with Crippen LogP contribution in [0.4, 0.5) is 0 Å². The molecule has 1 N–H and O–H groups in total. The Bertz CT molecular complexity index is 498. The second-order valence-electron chi connectivity index (χ2n) is 4.22. The Labute approximate surface area is 127 Å². The van der Waals surface area contributed by atoms with Crippen molar-refractivity contribution in [3.63, 3.8) is 0 Å². The number of aryl methyl sites for hydroxylation is 1. The van der Waals surface area contributed by atoms with Crippen molar-refractivity contribution in [2.75, 3.05) is 13.7 Å². The van der Waals surface area contributed by atoms with Gasteiger partial charge < -0.3 is 9.57 Å². The molecule has 20 heavy (non-hydrogen) atoms. The van der Waals surface area contributed by atoms with Crippen LogP contribution in [0.15, 0.2) is 24.3 Å². The molecule has 0 saturated carbocycles. The average Bonchev–Trinajstić information content (AvgIpc) is 2.45. The number of nitrogens with zero attached hydrogens (tertiary/aromatic N) is 1. The van der Waals surface area contributed by atoms with Gasteiger partial charge in [-0.25, -0.2) is 4.79 Å². The van der Waals surface area contributed by atoms with E-state index in [1.807, 2.05) is 37.3 Å². The van der Waals surface area contributed by atoms with E-state index in [4.69, 9.17) is 9.57 Å². The second-order valence-corrected chi connectivity index (χ2v) is 5.14. The van der Waals surface area contributed by atoms with Crippen LogP contribution in [-0.4, -0.2) is 25.2 Å². The topological polar surface area (TPSA) is 71.4 Å². The highest BCUT2D eigenvalue weighted by Gasteiger charge is 2.48. The zero-order chi connectivity index (χ0) is 15.2. The molecular weight excluding hydrogens is 324 g/mol. The molecular formula is C14H17BrN2O3. The molecule has 0 spiro atoms. The van der Waals surface area contributed by atoms with Gasteiger partial charge in [0.2, 0.25) is 5.54 Å². The molecule has 108 valence electrons. The lowest BCUT2D eigenvalue weighted by atomic mass is 9.92. The third kappa shape index (κ3) is 3.37. The summed E-state index contributed by atoms with van der Waals surface area (Å²) in [6.07, 6.45) is 0. The maximum absolute atomic E-state index is 12.2. The molecule has 0 aliphatic carbocycles. The first-order valence-electron chi connectivity index (χ1n) is 6.11. The Hall–Kier alpha value is -1.42. The van der Waals surface area contributed by atoms with Crippen LogP contribution in [0.1, 0.15) is 22.9 Å². The molecule has 2 unspecified atom stereocenters. The molecule has 5 nitrogen and oxygen atoms in total. The van der Waals surface area contributed by atoms with Crippen molar-refractivity contribution in [1.29, 1.82) is 5.26 Å². The number of hydrogen-bond acceptors (Lipinski definition) is 5. The van der Waals surface area contributed by atoms with Crippen LogP contribution >= 0.6 is 15.9 Å². The fourth-order valence-corrected chi connectivity index (χ4v) is 2.40. The fourth-order valence-electron chi connectivity index (χ4n) is 1.71. The Balaban J connectivity index is 3.19. The summed E-state index contributed by atoms with van der Waals surface area (Å²) in [4.78, 5) is 16.4. The van der Waals surface area contributed by atoms with Gasteiger partial charge in [0.25, 0.3) is 0 Å². The predicted octanol–water partition coefficient (Wildman–Crippen LogP) is 2.41. The zero-order valence-electron chi connectivity index (χ0n) is 11.6. The molecule has 0 radical (unpaired) electrons. The molecule has 2 atom stereocenters. The van der Waals surface area contributed by atoms with E-state index in [2.05, 4.69) is 21.4 Å². The average molecular weight is 341 g/mol. The maximum Gasteiger partial charge on any atom is 0.344 e. The largest absolute Gasteiger partial charge is 0.464 e. The van der Waals surface area contributed by atoms with Crippen molar-refractivity contribution >= 4 is 21.9 Å². The molecule has 0 saturated heterocycles. The number of carbonyl (C=O) groups is 1.